The van der Waals surface area contributed by atoms with E-state index in [1.165, 1.54) is 0 Å². The van der Waals surface area contributed by atoms with Crippen molar-refractivity contribution >= 4 is 18.1 Å². The lowest BCUT2D eigenvalue weighted by molar-refractivity contribution is 0.374. The van der Waals surface area contributed by atoms with E-state index in [9.17, 15) is 4.39 Å². The van der Waals surface area contributed by atoms with Gasteiger partial charge in [0.25, 0.3) is 0 Å². The molecule has 1 aromatic heterocycles. The Morgan fingerprint density at radius 2 is 2.24 bits per heavy atom. The number of rotatable bonds is 3. The Morgan fingerprint density at radius 3 is 2.95 bits per heavy atom. The third-order valence-corrected chi connectivity index (χ3v) is 3.55. The molecule has 3 rings (SSSR count). The van der Waals surface area contributed by atoms with E-state index in [1.54, 1.807) is 12.1 Å². The molecule has 0 bridgehead atoms. The van der Waals surface area contributed by atoms with E-state index in [1.807, 2.05) is 6.92 Å². The van der Waals surface area contributed by atoms with Gasteiger partial charge in [0, 0.05) is 12.2 Å². The van der Waals surface area contributed by atoms with Crippen molar-refractivity contribution < 1.29 is 8.91 Å². The zero-order valence-electron chi connectivity index (χ0n) is 11.8. The fourth-order valence-corrected chi connectivity index (χ4v) is 2.79. The molecule has 0 radical (unpaired) electrons. The molecule has 0 aliphatic carbocycles. The zero-order valence-corrected chi connectivity index (χ0v) is 12.6. The lowest BCUT2D eigenvalue weighted by atomic mass is 9.98. The van der Waals surface area contributed by atoms with Crippen LogP contribution in [-0.4, -0.2) is 16.7 Å². The number of anilines is 1. The number of fused-ring (bicyclic) bond motifs is 1. The maximum atomic E-state index is 13.5. The highest BCUT2D eigenvalue weighted by molar-refractivity contribution is 5.85. The first-order chi connectivity index (χ1) is 9.67. The van der Waals surface area contributed by atoms with Crippen LogP contribution in [0.25, 0.3) is 0 Å². The topological polar surface area (TPSA) is 68.2 Å². The molecule has 2 N–H and O–H groups in total. The van der Waals surface area contributed by atoms with Gasteiger partial charge in [-0.25, -0.2) is 4.39 Å². The Hall–Kier alpha value is -1.66. The summed E-state index contributed by atoms with van der Waals surface area (Å²) in [6.07, 6.45) is 1.90. The van der Waals surface area contributed by atoms with E-state index in [0.717, 1.165) is 36.2 Å². The van der Waals surface area contributed by atoms with Crippen LogP contribution in [-0.2, 0) is 19.5 Å². The fourth-order valence-electron chi connectivity index (χ4n) is 2.79. The Balaban J connectivity index is 0.00000161. The van der Waals surface area contributed by atoms with Crippen molar-refractivity contribution in [2.45, 2.75) is 32.9 Å². The first-order valence-corrected chi connectivity index (χ1v) is 6.73. The summed E-state index contributed by atoms with van der Waals surface area (Å²) in [7, 11) is 0. The van der Waals surface area contributed by atoms with Crippen molar-refractivity contribution in [3.05, 3.63) is 40.8 Å². The van der Waals surface area contributed by atoms with E-state index in [0.29, 0.717) is 18.3 Å². The van der Waals surface area contributed by atoms with Gasteiger partial charge in [0.05, 0.1) is 13.1 Å². The number of aryl methyl sites for hydroxylation is 2. The quantitative estimate of drug-likeness (QED) is 0.942. The molecule has 0 amide bonds. The first-order valence-electron chi connectivity index (χ1n) is 6.73. The van der Waals surface area contributed by atoms with Gasteiger partial charge < -0.3 is 15.2 Å². The minimum atomic E-state index is -0.173. The molecule has 1 aliphatic rings. The summed E-state index contributed by atoms with van der Waals surface area (Å²) < 4.78 is 18.5. The Bertz CT molecular complexity index is 631. The number of aromatic nitrogens is 2. The van der Waals surface area contributed by atoms with E-state index in [4.69, 9.17) is 10.3 Å². The van der Waals surface area contributed by atoms with Crippen molar-refractivity contribution in [3.8, 4) is 0 Å². The molecule has 0 fully saturated rings. The van der Waals surface area contributed by atoms with Gasteiger partial charge in [0.15, 0.2) is 5.82 Å². The van der Waals surface area contributed by atoms with Crippen molar-refractivity contribution in [3.63, 3.8) is 0 Å². The van der Waals surface area contributed by atoms with Crippen LogP contribution in [0.15, 0.2) is 16.7 Å². The molecule has 0 unspecified atom stereocenters. The number of halogens is 2. The van der Waals surface area contributed by atoms with Crippen LogP contribution in [0.4, 0.5) is 10.1 Å². The molecule has 1 aliphatic heterocycles. The summed E-state index contributed by atoms with van der Waals surface area (Å²) in [5.41, 5.74) is 8.55. The summed E-state index contributed by atoms with van der Waals surface area (Å²) in [5.74, 6) is 0.878. The summed E-state index contributed by atoms with van der Waals surface area (Å²) in [4.78, 5) is 6.40. The molecule has 114 valence electrons. The van der Waals surface area contributed by atoms with E-state index >= 15 is 0 Å². The van der Waals surface area contributed by atoms with Crippen LogP contribution < -0.4 is 10.6 Å². The standard InChI is InChI=1S/C14H17FN4O.ClH/c1-9-5-11(15)6-10-3-2-4-19(14(9)10)8-12-17-13(7-16)20-18-12;/h5-6H,2-4,7-8,16H2,1H3;1H. The second-order valence-electron chi connectivity index (χ2n) is 5.06. The van der Waals surface area contributed by atoms with Gasteiger partial charge in [-0.05, 0) is 43.0 Å². The average Bonchev–Trinajstić information content (AvgIpc) is 2.86. The van der Waals surface area contributed by atoms with Crippen LogP contribution in [0.3, 0.4) is 0 Å². The molecule has 0 saturated heterocycles. The lowest BCUT2D eigenvalue weighted by Gasteiger charge is -2.31. The van der Waals surface area contributed by atoms with Gasteiger partial charge in [-0.1, -0.05) is 5.16 Å². The van der Waals surface area contributed by atoms with E-state index < -0.39 is 0 Å². The van der Waals surface area contributed by atoms with Gasteiger partial charge in [-0.2, -0.15) is 4.98 Å². The number of hydrogen-bond acceptors (Lipinski definition) is 5. The number of benzene rings is 1. The Labute approximate surface area is 128 Å². The first kappa shape index (κ1) is 15.7. The van der Waals surface area contributed by atoms with Crippen LogP contribution in [0.5, 0.6) is 0 Å². The monoisotopic (exact) mass is 312 g/mol. The summed E-state index contributed by atoms with van der Waals surface area (Å²) in [6.45, 7) is 3.64. The molecule has 2 aromatic rings. The van der Waals surface area contributed by atoms with Crippen molar-refractivity contribution in [2.75, 3.05) is 11.4 Å². The minimum absolute atomic E-state index is 0. The summed E-state index contributed by atoms with van der Waals surface area (Å²) >= 11 is 0. The molecule has 5 nitrogen and oxygen atoms in total. The molecule has 0 saturated carbocycles. The van der Waals surface area contributed by atoms with Gasteiger partial charge in [0.1, 0.15) is 5.82 Å². The Morgan fingerprint density at radius 1 is 1.43 bits per heavy atom. The van der Waals surface area contributed by atoms with Crippen LogP contribution in [0.2, 0.25) is 0 Å². The average molecular weight is 313 g/mol. The molecule has 0 atom stereocenters. The molecule has 0 spiro atoms. The maximum Gasteiger partial charge on any atom is 0.240 e. The molecule has 1 aromatic carbocycles. The molecular weight excluding hydrogens is 295 g/mol. The molecular formula is C14H18ClFN4O. The fraction of sp³-hybridized carbons (Fsp3) is 0.429. The van der Waals surface area contributed by atoms with Gasteiger partial charge >= 0.3 is 0 Å². The van der Waals surface area contributed by atoms with Crippen LogP contribution in [0, 0.1) is 12.7 Å². The van der Waals surface area contributed by atoms with Crippen LogP contribution in [0.1, 0.15) is 29.3 Å². The number of hydrogen-bond donors (Lipinski definition) is 1. The number of nitrogens with two attached hydrogens (primary N) is 1. The summed E-state index contributed by atoms with van der Waals surface area (Å²) in [5, 5.41) is 3.92. The second kappa shape index (κ2) is 6.41. The summed E-state index contributed by atoms with van der Waals surface area (Å²) in [6, 6.07) is 3.19. The highest BCUT2D eigenvalue weighted by Gasteiger charge is 2.21. The highest BCUT2D eigenvalue weighted by Crippen LogP contribution is 2.32. The predicted molar refractivity (Wildman–Crippen MR) is 79.9 cm³/mol. The SMILES string of the molecule is Cc1cc(F)cc2c1N(Cc1noc(CN)n1)CCC2.Cl. The van der Waals surface area contributed by atoms with Crippen molar-refractivity contribution in [1.82, 2.24) is 10.1 Å². The lowest BCUT2D eigenvalue weighted by Crippen LogP contribution is -2.30. The highest BCUT2D eigenvalue weighted by atomic mass is 35.5. The second-order valence-corrected chi connectivity index (χ2v) is 5.06. The van der Waals surface area contributed by atoms with Crippen molar-refractivity contribution in [1.29, 1.82) is 0 Å². The largest absolute Gasteiger partial charge is 0.363 e. The smallest absolute Gasteiger partial charge is 0.240 e. The normalized spacial score (nSPS) is 13.8. The third kappa shape index (κ3) is 3.16. The van der Waals surface area contributed by atoms with Gasteiger partial charge in [-0.15, -0.1) is 12.4 Å². The zero-order chi connectivity index (χ0) is 14.1. The molecule has 21 heavy (non-hydrogen) atoms. The predicted octanol–water partition coefficient (Wildman–Crippen LogP) is 2.35. The number of nitrogens with zero attached hydrogens (tertiary/aromatic N) is 3. The maximum absolute atomic E-state index is 13.5. The third-order valence-electron chi connectivity index (χ3n) is 3.55. The van der Waals surface area contributed by atoms with Crippen molar-refractivity contribution in [2.24, 2.45) is 5.73 Å². The minimum Gasteiger partial charge on any atom is -0.363 e. The molecule has 2 heterocycles. The van der Waals surface area contributed by atoms with Gasteiger partial charge in [0.2, 0.25) is 5.89 Å². The van der Waals surface area contributed by atoms with Gasteiger partial charge in [-0.3, -0.25) is 0 Å². The molecule has 7 heteroatoms. The van der Waals surface area contributed by atoms with E-state index in [2.05, 4.69) is 15.0 Å². The van der Waals surface area contributed by atoms with E-state index in [-0.39, 0.29) is 24.8 Å². The van der Waals surface area contributed by atoms with Crippen LogP contribution >= 0.6 is 12.4 Å². The Kier molecular flexibility index (Phi) is 4.80.